The number of hydroxylamine groups is 1. The standard InChI is InChI=1S/C32H34N4O5.CH4/c1-22(37)30(32(40)35-41)34-31(39)27-13-9-23(10-14-27)7-8-24-11-15-28(16-12-24)33-29(38)21-36-19-17-26(18-20-36)25-5-3-2-4-6-25;/h2-6,9-16,22,26,30,37,41H,17-21H2,1H3,(H,33,38)(H,34,39)(H,35,40);1H4/t22-,30+;/m1./s1. The van der Waals surface area contributed by atoms with Gasteiger partial charge in [-0.2, -0.15) is 0 Å². The van der Waals surface area contributed by atoms with Crippen LogP contribution in [0.5, 0.6) is 0 Å². The summed E-state index contributed by atoms with van der Waals surface area (Å²) in [7, 11) is 0. The number of likely N-dealkylation sites (tertiary alicyclic amines) is 1. The number of aliphatic hydroxyl groups is 1. The fourth-order valence-electron chi connectivity index (χ4n) is 4.74. The van der Waals surface area contributed by atoms with E-state index in [1.54, 1.807) is 24.3 Å². The first-order valence-corrected chi connectivity index (χ1v) is 13.5. The molecule has 1 saturated heterocycles. The number of carbonyl (C=O) groups is 3. The van der Waals surface area contributed by atoms with Crippen molar-refractivity contribution in [2.75, 3.05) is 25.0 Å². The molecule has 0 unspecified atom stereocenters. The Morgan fingerprint density at radius 3 is 2.02 bits per heavy atom. The Bertz CT molecular complexity index is 1390. The zero-order valence-electron chi connectivity index (χ0n) is 22.8. The Labute approximate surface area is 246 Å². The van der Waals surface area contributed by atoms with Crippen LogP contribution in [0.15, 0.2) is 78.9 Å². The van der Waals surface area contributed by atoms with E-state index in [1.807, 2.05) is 30.3 Å². The monoisotopic (exact) mass is 570 g/mol. The van der Waals surface area contributed by atoms with E-state index < -0.39 is 24.0 Å². The van der Waals surface area contributed by atoms with Crippen LogP contribution in [0.4, 0.5) is 5.69 Å². The lowest BCUT2D eigenvalue weighted by Gasteiger charge is -2.31. The molecule has 220 valence electrons. The highest BCUT2D eigenvalue weighted by molar-refractivity contribution is 5.97. The van der Waals surface area contributed by atoms with Crippen LogP contribution in [-0.2, 0) is 9.59 Å². The number of nitrogens with zero attached hydrogens (tertiary/aromatic N) is 1. The summed E-state index contributed by atoms with van der Waals surface area (Å²) in [5, 5.41) is 23.8. The number of anilines is 1. The molecular weight excluding hydrogens is 532 g/mol. The molecule has 0 saturated carbocycles. The fraction of sp³-hybridized carbons (Fsp3) is 0.303. The molecule has 0 aliphatic carbocycles. The molecule has 1 fully saturated rings. The molecule has 1 aliphatic rings. The number of amides is 3. The third kappa shape index (κ3) is 9.01. The van der Waals surface area contributed by atoms with Gasteiger partial charge in [-0.15, -0.1) is 0 Å². The van der Waals surface area contributed by atoms with Crippen LogP contribution >= 0.6 is 0 Å². The molecule has 4 rings (SSSR count). The van der Waals surface area contributed by atoms with Crippen molar-refractivity contribution in [3.05, 3.63) is 101 Å². The topological polar surface area (TPSA) is 131 Å². The first-order valence-electron chi connectivity index (χ1n) is 13.5. The Morgan fingerprint density at radius 2 is 1.48 bits per heavy atom. The zero-order chi connectivity index (χ0) is 29.2. The van der Waals surface area contributed by atoms with Gasteiger partial charge in [-0.3, -0.25) is 24.5 Å². The van der Waals surface area contributed by atoms with Gasteiger partial charge < -0.3 is 15.7 Å². The van der Waals surface area contributed by atoms with E-state index in [9.17, 15) is 19.5 Å². The smallest absolute Gasteiger partial charge is 0.268 e. The molecule has 2 atom stereocenters. The van der Waals surface area contributed by atoms with Gasteiger partial charge in [0.05, 0.1) is 12.6 Å². The average Bonchev–Trinajstić information content (AvgIpc) is 3.00. The van der Waals surface area contributed by atoms with Gasteiger partial charge in [-0.05, 0) is 92.9 Å². The van der Waals surface area contributed by atoms with E-state index in [4.69, 9.17) is 5.21 Å². The van der Waals surface area contributed by atoms with Gasteiger partial charge in [0, 0.05) is 22.4 Å². The Hall–Kier alpha value is -4.49. The largest absolute Gasteiger partial charge is 0.391 e. The predicted molar refractivity (Wildman–Crippen MR) is 162 cm³/mol. The number of hydrogen-bond donors (Lipinski definition) is 5. The molecular formula is C33H38N4O5. The van der Waals surface area contributed by atoms with Gasteiger partial charge in [-0.1, -0.05) is 49.6 Å². The summed E-state index contributed by atoms with van der Waals surface area (Å²) < 4.78 is 0. The van der Waals surface area contributed by atoms with Gasteiger partial charge >= 0.3 is 0 Å². The molecule has 0 aromatic heterocycles. The van der Waals surface area contributed by atoms with E-state index in [1.165, 1.54) is 18.0 Å². The Kier molecular flexibility index (Phi) is 11.8. The minimum absolute atomic E-state index is 0. The lowest BCUT2D eigenvalue weighted by molar-refractivity contribution is -0.133. The predicted octanol–water partition coefficient (Wildman–Crippen LogP) is 3.53. The number of aliphatic hydroxyl groups excluding tert-OH is 1. The maximum Gasteiger partial charge on any atom is 0.268 e. The van der Waals surface area contributed by atoms with Crippen LogP contribution in [0.2, 0.25) is 0 Å². The molecule has 9 heteroatoms. The summed E-state index contributed by atoms with van der Waals surface area (Å²) in [5.41, 5.74) is 5.22. The fourth-order valence-corrected chi connectivity index (χ4v) is 4.74. The molecule has 0 radical (unpaired) electrons. The molecule has 3 aromatic carbocycles. The number of benzene rings is 3. The molecule has 3 aromatic rings. The van der Waals surface area contributed by atoms with Crippen molar-refractivity contribution in [1.82, 2.24) is 15.7 Å². The second kappa shape index (κ2) is 15.5. The molecule has 9 nitrogen and oxygen atoms in total. The van der Waals surface area contributed by atoms with E-state index in [-0.39, 0.29) is 18.9 Å². The van der Waals surface area contributed by atoms with Gasteiger partial charge in [0.15, 0.2) is 0 Å². The third-order valence-electron chi connectivity index (χ3n) is 7.05. The van der Waals surface area contributed by atoms with Crippen molar-refractivity contribution in [1.29, 1.82) is 0 Å². The SMILES string of the molecule is C.C[C@@H](O)[C@H](NC(=O)c1ccc(C#Cc2ccc(NC(=O)CN3CCC(c4ccccc4)CC3)cc2)cc1)C(=O)NO. The lowest BCUT2D eigenvalue weighted by Crippen LogP contribution is -2.51. The quantitative estimate of drug-likeness (QED) is 0.160. The molecule has 3 amide bonds. The number of nitrogens with one attached hydrogen (secondary N) is 3. The summed E-state index contributed by atoms with van der Waals surface area (Å²) in [6.07, 6.45) is 0.903. The van der Waals surface area contributed by atoms with Crippen LogP contribution < -0.4 is 16.1 Å². The minimum Gasteiger partial charge on any atom is -0.391 e. The second-order valence-corrected chi connectivity index (χ2v) is 10.1. The number of hydrogen-bond acceptors (Lipinski definition) is 6. The van der Waals surface area contributed by atoms with Crippen LogP contribution in [0, 0.1) is 11.8 Å². The zero-order valence-corrected chi connectivity index (χ0v) is 22.8. The van der Waals surface area contributed by atoms with Crippen molar-refractivity contribution in [2.45, 2.75) is 45.3 Å². The number of piperidine rings is 1. The highest BCUT2D eigenvalue weighted by Gasteiger charge is 2.26. The van der Waals surface area contributed by atoms with Crippen LogP contribution in [0.25, 0.3) is 0 Å². The summed E-state index contributed by atoms with van der Waals surface area (Å²) >= 11 is 0. The summed E-state index contributed by atoms with van der Waals surface area (Å²) in [6, 6.07) is 23.0. The molecule has 1 aliphatic heterocycles. The van der Waals surface area contributed by atoms with Crippen molar-refractivity contribution < 1.29 is 24.7 Å². The maximum absolute atomic E-state index is 12.6. The normalized spacial score (nSPS) is 14.7. The molecule has 42 heavy (non-hydrogen) atoms. The Balaban J connectivity index is 0.00000484. The van der Waals surface area contributed by atoms with Crippen molar-refractivity contribution >= 4 is 23.4 Å². The molecule has 0 bridgehead atoms. The molecule has 5 N–H and O–H groups in total. The van der Waals surface area contributed by atoms with E-state index in [0.717, 1.165) is 31.5 Å². The summed E-state index contributed by atoms with van der Waals surface area (Å²) in [5.74, 6) is 5.11. The van der Waals surface area contributed by atoms with Gasteiger partial charge in [0.25, 0.3) is 11.8 Å². The second-order valence-electron chi connectivity index (χ2n) is 10.1. The highest BCUT2D eigenvalue weighted by Crippen LogP contribution is 2.27. The van der Waals surface area contributed by atoms with Crippen LogP contribution in [0.3, 0.4) is 0 Å². The van der Waals surface area contributed by atoms with Gasteiger partial charge in [0.2, 0.25) is 5.91 Å². The first-order chi connectivity index (χ1) is 19.8. The van der Waals surface area contributed by atoms with E-state index >= 15 is 0 Å². The lowest BCUT2D eigenvalue weighted by atomic mass is 9.89. The number of carbonyl (C=O) groups excluding carboxylic acids is 3. The minimum atomic E-state index is -1.29. The van der Waals surface area contributed by atoms with Crippen molar-refractivity contribution in [3.8, 4) is 11.8 Å². The summed E-state index contributed by atoms with van der Waals surface area (Å²) in [6.45, 7) is 3.49. The van der Waals surface area contributed by atoms with E-state index in [2.05, 4.69) is 51.6 Å². The Morgan fingerprint density at radius 1 is 0.905 bits per heavy atom. The summed E-state index contributed by atoms with van der Waals surface area (Å²) in [4.78, 5) is 38.8. The maximum atomic E-state index is 12.6. The third-order valence-corrected chi connectivity index (χ3v) is 7.05. The van der Waals surface area contributed by atoms with Crippen LogP contribution in [-0.4, -0.2) is 64.7 Å². The van der Waals surface area contributed by atoms with Gasteiger partial charge in [-0.25, -0.2) is 5.48 Å². The first kappa shape index (κ1) is 32.0. The van der Waals surface area contributed by atoms with Crippen molar-refractivity contribution in [2.24, 2.45) is 0 Å². The molecule has 0 spiro atoms. The average molecular weight is 571 g/mol. The van der Waals surface area contributed by atoms with Crippen molar-refractivity contribution in [3.63, 3.8) is 0 Å². The number of rotatable bonds is 8. The highest BCUT2D eigenvalue weighted by atomic mass is 16.5. The molecule has 1 heterocycles. The van der Waals surface area contributed by atoms with Gasteiger partial charge in [0.1, 0.15) is 6.04 Å². The van der Waals surface area contributed by atoms with Crippen LogP contribution in [0.1, 0.15) is 60.2 Å². The van der Waals surface area contributed by atoms with E-state index in [0.29, 0.717) is 23.7 Å².